The van der Waals surface area contributed by atoms with E-state index in [0.717, 1.165) is 24.7 Å². The summed E-state index contributed by atoms with van der Waals surface area (Å²) in [5, 5.41) is 5.57. The minimum atomic E-state index is -0.305. The van der Waals surface area contributed by atoms with Gasteiger partial charge in [0, 0.05) is 19.3 Å². The lowest BCUT2D eigenvalue weighted by molar-refractivity contribution is 0.251. The van der Waals surface area contributed by atoms with E-state index in [1.165, 1.54) is 12.8 Å². The number of para-hydroxylation sites is 2. The predicted molar refractivity (Wildman–Crippen MR) is 92.3 cm³/mol. The van der Waals surface area contributed by atoms with Crippen LogP contribution in [0.4, 0.5) is 16.4 Å². The topological polar surface area (TPSA) is 79.4 Å². The number of carbonyl (C=O) groups is 1. The number of nitrogens with zero attached hydrogens (tertiary/aromatic N) is 3. The first-order valence-electron chi connectivity index (χ1n) is 8.01. The number of methoxy groups -OCH3 is 1. The molecule has 1 fully saturated rings. The van der Waals surface area contributed by atoms with Gasteiger partial charge in [-0.1, -0.05) is 12.1 Å². The highest BCUT2D eigenvalue weighted by Gasteiger charge is 2.15. The summed E-state index contributed by atoms with van der Waals surface area (Å²) in [6.07, 6.45) is 4.08. The van der Waals surface area contributed by atoms with E-state index in [0.29, 0.717) is 18.0 Å². The number of anilines is 2. The molecule has 2 amide bonds. The van der Waals surface area contributed by atoms with E-state index in [1.54, 1.807) is 25.4 Å². The molecule has 3 rings (SSSR count). The van der Waals surface area contributed by atoms with Crippen LogP contribution in [0.1, 0.15) is 18.5 Å². The summed E-state index contributed by atoms with van der Waals surface area (Å²) in [6, 6.07) is 8.77. The van der Waals surface area contributed by atoms with Crippen molar-refractivity contribution in [2.24, 2.45) is 0 Å². The lowest BCUT2D eigenvalue weighted by Gasteiger charge is -2.15. The van der Waals surface area contributed by atoms with Gasteiger partial charge in [0.1, 0.15) is 5.75 Å². The second-order valence-corrected chi connectivity index (χ2v) is 5.55. The fraction of sp³-hybridized carbons (Fsp3) is 0.353. The maximum atomic E-state index is 12.1. The van der Waals surface area contributed by atoms with E-state index in [2.05, 4.69) is 25.5 Å². The molecule has 7 nitrogen and oxygen atoms in total. The van der Waals surface area contributed by atoms with Gasteiger partial charge in [0.2, 0.25) is 5.95 Å². The number of benzene rings is 1. The molecule has 1 aromatic heterocycles. The third kappa shape index (κ3) is 3.92. The third-order valence-corrected chi connectivity index (χ3v) is 3.87. The zero-order chi connectivity index (χ0) is 16.8. The van der Waals surface area contributed by atoms with E-state index in [1.807, 2.05) is 18.2 Å². The molecule has 0 aliphatic carbocycles. The van der Waals surface area contributed by atoms with Crippen LogP contribution in [0.5, 0.6) is 5.75 Å². The van der Waals surface area contributed by atoms with Crippen molar-refractivity contribution >= 4 is 17.7 Å². The van der Waals surface area contributed by atoms with Crippen LogP contribution in [0, 0.1) is 0 Å². The number of rotatable bonds is 5. The maximum absolute atomic E-state index is 12.1. The van der Waals surface area contributed by atoms with Gasteiger partial charge in [-0.2, -0.15) is 0 Å². The van der Waals surface area contributed by atoms with Crippen LogP contribution in [0.25, 0.3) is 0 Å². The Morgan fingerprint density at radius 2 is 2.04 bits per heavy atom. The minimum Gasteiger partial charge on any atom is -0.495 e. The molecular formula is C17H21N5O2. The zero-order valence-corrected chi connectivity index (χ0v) is 13.7. The van der Waals surface area contributed by atoms with Gasteiger partial charge in [0.05, 0.1) is 25.0 Å². The fourth-order valence-electron chi connectivity index (χ4n) is 2.64. The number of ether oxygens (including phenoxy) is 1. The second kappa shape index (κ2) is 7.63. The zero-order valence-electron chi connectivity index (χ0n) is 13.7. The Morgan fingerprint density at radius 3 is 2.83 bits per heavy atom. The van der Waals surface area contributed by atoms with Gasteiger partial charge >= 0.3 is 6.03 Å². The van der Waals surface area contributed by atoms with Crippen LogP contribution in [-0.4, -0.2) is 36.2 Å². The number of carbonyl (C=O) groups excluding carboxylic acids is 1. The molecule has 2 aromatic rings. The highest BCUT2D eigenvalue weighted by molar-refractivity contribution is 5.90. The summed E-state index contributed by atoms with van der Waals surface area (Å²) >= 11 is 0. The fourth-order valence-corrected chi connectivity index (χ4v) is 2.64. The van der Waals surface area contributed by atoms with Crippen molar-refractivity contribution in [2.75, 3.05) is 30.4 Å². The molecule has 1 aromatic carbocycles. The van der Waals surface area contributed by atoms with Crippen molar-refractivity contribution in [3.8, 4) is 5.75 Å². The smallest absolute Gasteiger partial charge is 0.319 e. The SMILES string of the molecule is COc1ccccc1NC(=O)NCc1ccnc(N2CCCC2)n1. The number of hydrogen-bond acceptors (Lipinski definition) is 5. The Balaban J connectivity index is 1.57. The molecule has 2 N–H and O–H groups in total. The Labute approximate surface area is 141 Å². The van der Waals surface area contributed by atoms with E-state index >= 15 is 0 Å². The molecule has 0 unspecified atom stereocenters. The van der Waals surface area contributed by atoms with Crippen LogP contribution in [-0.2, 0) is 6.54 Å². The Morgan fingerprint density at radius 1 is 1.25 bits per heavy atom. The van der Waals surface area contributed by atoms with Crippen LogP contribution < -0.4 is 20.3 Å². The van der Waals surface area contributed by atoms with Crippen molar-refractivity contribution in [3.05, 3.63) is 42.2 Å². The average molecular weight is 327 g/mol. The molecule has 1 saturated heterocycles. The molecule has 0 bridgehead atoms. The quantitative estimate of drug-likeness (QED) is 0.881. The lowest BCUT2D eigenvalue weighted by Crippen LogP contribution is -2.29. The summed E-state index contributed by atoms with van der Waals surface area (Å²) in [7, 11) is 1.57. The Hall–Kier alpha value is -2.83. The highest BCUT2D eigenvalue weighted by atomic mass is 16.5. The van der Waals surface area contributed by atoms with Crippen LogP contribution in [0.15, 0.2) is 36.5 Å². The van der Waals surface area contributed by atoms with Crippen LogP contribution in [0.3, 0.4) is 0 Å². The molecular weight excluding hydrogens is 306 g/mol. The number of amides is 2. The van der Waals surface area contributed by atoms with Gasteiger partial charge in [-0.05, 0) is 31.0 Å². The number of aromatic nitrogens is 2. The second-order valence-electron chi connectivity index (χ2n) is 5.55. The summed E-state index contributed by atoms with van der Waals surface area (Å²) in [5.74, 6) is 1.35. The van der Waals surface area contributed by atoms with Gasteiger partial charge in [0.15, 0.2) is 0 Å². The van der Waals surface area contributed by atoms with Gasteiger partial charge in [0.25, 0.3) is 0 Å². The molecule has 1 aliphatic heterocycles. The number of nitrogens with one attached hydrogen (secondary N) is 2. The van der Waals surface area contributed by atoms with E-state index in [9.17, 15) is 4.79 Å². The number of hydrogen-bond donors (Lipinski definition) is 2. The van der Waals surface area contributed by atoms with Gasteiger partial charge in [-0.3, -0.25) is 0 Å². The molecule has 0 radical (unpaired) electrons. The summed E-state index contributed by atoms with van der Waals surface area (Å²) in [6.45, 7) is 2.32. The van der Waals surface area contributed by atoms with Gasteiger partial charge < -0.3 is 20.3 Å². The Bertz CT molecular complexity index is 701. The number of urea groups is 1. The van der Waals surface area contributed by atoms with Crippen molar-refractivity contribution in [2.45, 2.75) is 19.4 Å². The molecule has 2 heterocycles. The summed E-state index contributed by atoms with van der Waals surface area (Å²) in [4.78, 5) is 23.1. The normalized spacial score (nSPS) is 13.6. The third-order valence-electron chi connectivity index (χ3n) is 3.87. The molecule has 1 aliphatic rings. The predicted octanol–water partition coefficient (Wildman–Crippen LogP) is 2.41. The lowest BCUT2D eigenvalue weighted by atomic mass is 10.3. The molecule has 0 atom stereocenters. The summed E-state index contributed by atoms with van der Waals surface area (Å²) < 4.78 is 5.21. The van der Waals surface area contributed by atoms with Crippen molar-refractivity contribution in [1.29, 1.82) is 0 Å². The average Bonchev–Trinajstić information content (AvgIpc) is 3.15. The monoisotopic (exact) mass is 327 g/mol. The first-order valence-corrected chi connectivity index (χ1v) is 8.01. The minimum absolute atomic E-state index is 0.305. The van der Waals surface area contributed by atoms with Crippen molar-refractivity contribution < 1.29 is 9.53 Å². The molecule has 7 heteroatoms. The van der Waals surface area contributed by atoms with Gasteiger partial charge in [-0.25, -0.2) is 14.8 Å². The first-order chi connectivity index (χ1) is 11.8. The molecule has 0 saturated carbocycles. The van der Waals surface area contributed by atoms with Crippen LogP contribution in [0.2, 0.25) is 0 Å². The van der Waals surface area contributed by atoms with E-state index < -0.39 is 0 Å². The van der Waals surface area contributed by atoms with Crippen LogP contribution >= 0.6 is 0 Å². The maximum Gasteiger partial charge on any atom is 0.319 e. The van der Waals surface area contributed by atoms with E-state index in [-0.39, 0.29) is 6.03 Å². The summed E-state index contributed by atoms with van der Waals surface area (Å²) in [5.41, 5.74) is 1.40. The van der Waals surface area contributed by atoms with Crippen molar-refractivity contribution in [1.82, 2.24) is 15.3 Å². The van der Waals surface area contributed by atoms with Crippen molar-refractivity contribution in [3.63, 3.8) is 0 Å². The molecule has 126 valence electrons. The standard InChI is InChI=1S/C17H21N5O2/c1-24-15-7-3-2-6-14(15)21-17(23)19-12-13-8-9-18-16(20-13)22-10-4-5-11-22/h2-3,6-9H,4-5,10-12H2,1H3,(H2,19,21,23). The molecule has 24 heavy (non-hydrogen) atoms. The largest absolute Gasteiger partial charge is 0.495 e. The van der Waals surface area contributed by atoms with Gasteiger partial charge in [-0.15, -0.1) is 0 Å². The highest BCUT2D eigenvalue weighted by Crippen LogP contribution is 2.22. The Kier molecular flexibility index (Phi) is 5.10. The first kappa shape index (κ1) is 16.0. The molecule has 0 spiro atoms. The van der Waals surface area contributed by atoms with E-state index in [4.69, 9.17) is 4.74 Å².